The molecule has 2 unspecified atom stereocenters. The summed E-state index contributed by atoms with van der Waals surface area (Å²) in [5, 5.41) is 12.2. The molecule has 6 heteroatoms. The van der Waals surface area contributed by atoms with Crippen LogP contribution in [0.3, 0.4) is 0 Å². The summed E-state index contributed by atoms with van der Waals surface area (Å²) >= 11 is 0. The van der Waals surface area contributed by atoms with E-state index in [1.165, 1.54) is 6.07 Å². The zero-order valence-corrected chi connectivity index (χ0v) is 10.3. The number of rotatable bonds is 3. The van der Waals surface area contributed by atoms with E-state index in [4.69, 9.17) is 5.11 Å². The number of hydrogen-bond donors (Lipinski definition) is 3. The number of carbonyl (C=O) groups is 1. The normalized spacial score (nSPS) is 23.6. The Bertz CT molecular complexity index is 498. The third kappa shape index (κ3) is 3.09. The van der Waals surface area contributed by atoms with Gasteiger partial charge in [-0.3, -0.25) is 9.59 Å². The van der Waals surface area contributed by atoms with Gasteiger partial charge >= 0.3 is 5.97 Å². The summed E-state index contributed by atoms with van der Waals surface area (Å²) in [5.74, 6) is 0.0405. The van der Waals surface area contributed by atoms with Crippen molar-refractivity contribution in [3.05, 3.63) is 22.2 Å². The number of aromatic nitrogens is 2. The van der Waals surface area contributed by atoms with Crippen molar-refractivity contribution >= 4 is 11.8 Å². The van der Waals surface area contributed by atoms with Crippen LogP contribution in [0.25, 0.3) is 0 Å². The molecule has 1 saturated carbocycles. The Balaban J connectivity index is 2.04. The predicted molar refractivity (Wildman–Crippen MR) is 66.6 cm³/mol. The maximum atomic E-state index is 11.3. The van der Waals surface area contributed by atoms with Crippen LogP contribution in [0.2, 0.25) is 0 Å². The molecule has 2 rings (SSSR count). The zero-order chi connectivity index (χ0) is 13.1. The van der Waals surface area contributed by atoms with Crippen molar-refractivity contribution < 1.29 is 9.90 Å². The first-order valence-electron chi connectivity index (χ1n) is 6.12. The molecule has 2 atom stereocenters. The number of carboxylic acids is 1. The van der Waals surface area contributed by atoms with Gasteiger partial charge in [-0.05, 0) is 26.2 Å². The Morgan fingerprint density at radius 2 is 2.33 bits per heavy atom. The molecular weight excluding hydrogens is 234 g/mol. The fourth-order valence-corrected chi connectivity index (χ4v) is 2.41. The van der Waals surface area contributed by atoms with E-state index in [0.717, 1.165) is 19.3 Å². The highest BCUT2D eigenvalue weighted by Crippen LogP contribution is 2.26. The second kappa shape index (κ2) is 5.20. The van der Waals surface area contributed by atoms with Gasteiger partial charge in [-0.1, -0.05) is 6.42 Å². The van der Waals surface area contributed by atoms with E-state index in [9.17, 15) is 9.59 Å². The summed E-state index contributed by atoms with van der Waals surface area (Å²) < 4.78 is 0. The highest BCUT2D eigenvalue weighted by Gasteiger charge is 2.27. The van der Waals surface area contributed by atoms with Crippen molar-refractivity contribution in [2.75, 3.05) is 5.32 Å². The summed E-state index contributed by atoms with van der Waals surface area (Å²) in [4.78, 5) is 29.0. The summed E-state index contributed by atoms with van der Waals surface area (Å²) in [6, 6.07) is 1.48. The number of nitrogens with one attached hydrogen (secondary N) is 2. The average molecular weight is 251 g/mol. The molecule has 1 aromatic heterocycles. The fraction of sp³-hybridized carbons (Fsp3) is 0.583. The second-order valence-electron chi connectivity index (χ2n) is 4.76. The highest BCUT2D eigenvalue weighted by atomic mass is 16.4. The summed E-state index contributed by atoms with van der Waals surface area (Å²) in [6.07, 6.45) is 3.12. The maximum absolute atomic E-state index is 11.3. The van der Waals surface area contributed by atoms with Gasteiger partial charge in [0.15, 0.2) is 0 Å². The van der Waals surface area contributed by atoms with Crippen LogP contribution in [0.1, 0.15) is 31.5 Å². The van der Waals surface area contributed by atoms with Crippen LogP contribution in [0.4, 0.5) is 5.82 Å². The lowest BCUT2D eigenvalue weighted by Gasteiger charge is -2.27. The topological polar surface area (TPSA) is 95.1 Å². The molecule has 0 bridgehead atoms. The minimum Gasteiger partial charge on any atom is -0.481 e. The minimum absolute atomic E-state index is 0.0774. The smallest absolute Gasteiger partial charge is 0.306 e. The van der Waals surface area contributed by atoms with Crippen LogP contribution >= 0.6 is 0 Å². The van der Waals surface area contributed by atoms with E-state index in [1.54, 1.807) is 6.92 Å². The van der Waals surface area contributed by atoms with Gasteiger partial charge in [-0.25, -0.2) is 4.98 Å². The van der Waals surface area contributed by atoms with Gasteiger partial charge in [0, 0.05) is 12.1 Å². The van der Waals surface area contributed by atoms with Crippen molar-refractivity contribution in [2.45, 2.75) is 38.6 Å². The van der Waals surface area contributed by atoms with E-state index in [-0.39, 0.29) is 17.5 Å². The lowest BCUT2D eigenvalue weighted by Crippen LogP contribution is -2.31. The summed E-state index contributed by atoms with van der Waals surface area (Å²) in [7, 11) is 0. The molecular formula is C12H17N3O3. The molecule has 0 amide bonds. The molecule has 0 aromatic carbocycles. The molecule has 1 aliphatic carbocycles. The van der Waals surface area contributed by atoms with Crippen molar-refractivity contribution in [2.24, 2.45) is 5.92 Å². The van der Waals surface area contributed by atoms with Crippen molar-refractivity contribution in [3.63, 3.8) is 0 Å². The molecule has 0 saturated heterocycles. The van der Waals surface area contributed by atoms with Crippen LogP contribution in [0, 0.1) is 12.8 Å². The molecule has 98 valence electrons. The van der Waals surface area contributed by atoms with Crippen LogP contribution < -0.4 is 10.9 Å². The molecule has 0 spiro atoms. The molecule has 6 nitrogen and oxygen atoms in total. The Morgan fingerprint density at radius 3 is 3.00 bits per heavy atom. The Kier molecular flexibility index (Phi) is 3.64. The quantitative estimate of drug-likeness (QED) is 0.748. The van der Waals surface area contributed by atoms with Gasteiger partial charge in [0.1, 0.15) is 11.6 Å². The summed E-state index contributed by atoms with van der Waals surface area (Å²) in [6.45, 7) is 1.72. The molecule has 1 fully saturated rings. The monoisotopic (exact) mass is 251 g/mol. The van der Waals surface area contributed by atoms with E-state index in [0.29, 0.717) is 18.1 Å². The van der Waals surface area contributed by atoms with Gasteiger partial charge in [-0.15, -0.1) is 0 Å². The second-order valence-corrected chi connectivity index (χ2v) is 4.76. The first-order valence-corrected chi connectivity index (χ1v) is 6.12. The van der Waals surface area contributed by atoms with Gasteiger partial charge in [0.25, 0.3) is 5.56 Å². The zero-order valence-electron chi connectivity index (χ0n) is 10.3. The van der Waals surface area contributed by atoms with Crippen molar-refractivity contribution in [1.82, 2.24) is 9.97 Å². The number of aryl methyl sites for hydroxylation is 1. The van der Waals surface area contributed by atoms with Crippen LogP contribution in [0.5, 0.6) is 0 Å². The van der Waals surface area contributed by atoms with Gasteiger partial charge in [0.05, 0.1) is 5.92 Å². The minimum atomic E-state index is -0.739. The van der Waals surface area contributed by atoms with Crippen molar-refractivity contribution in [1.29, 1.82) is 0 Å². The third-order valence-corrected chi connectivity index (χ3v) is 3.24. The largest absolute Gasteiger partial charge is 0.481 e. The molecule has 1 aliphatic rings. The van der Waals surface area contributed by atoms with E-state index in [1.807, 2.05) is 0 Å². The number of aliphatic carboxylic acids is 1. The number of anilines is 1. The molecule has 1 aromatic rings. The number of H-pyrrole nitrogens is 1. The average Bonchev–Trinajstić information content (AvgIpc) is 2.27. The third-order valence-electron chi connectivity index (χ3n) is 3.24. The maximum Gasteiger partial charge on any atom is 0.306 e. The Labute approximate surface area is 104 Å². The van der Waals surface area contributed by atoms with Crippen molar-refractivity contribution in [3.8, 4) is 0 Å². The van der Waals surface area contributed by atoms with Crippen LogP contribution in [0.15, 0.2) is 10.9 Å². The molecule has 18 heavy (non-hydrogen) atoms. The molecule has 0 aliphatic heterocycles. The lowest BCUT2D eigenvalue weighted by atomic mass is 9.86. The molecule has 0 radical (unpaired) electrons. The SMILES string of the molecule is Cc1nc(NC2CCCC(C(=O)O)C2)cc(=O)[nH]1. The lowest BCUT2D eigenvalue weighted by molar-refractivity contribution is -0.142. The number of nitrogens with zero attached hydrogens (tertiary/aromatic N) is 1. The Hall–Kier alpha value is -1.85. The number of aromatic amines is 1. The highest BCUT2D eigenvalue weighted by molar-refractivity contribution is 5.70. The van der Waals surface area contributed by atoms with Crippen LogP contribution in [-0.2, 0) is 4.79 Å². The first-order chi connectivity index (χ1) is 8.54. The first kappa shape index (κ1) is 12.6. The summed E-state index contributed by atoms with van der Waals surface area (Å²) in [5.41, 5.74) is -0.199. The van der Waals surface area contributed by atoms with Crippen LogP contribution in [-0.4, -0.2) is 27.1 Å². The van der Waals surface area contributed by atoms with E-state index >= 15 is 0 Å². The molecule has 3 N–H and O–H groups in total. The van der Waals surface area contributed by atoms with E-state index < -0.39 is 5.97 Å². The number of carboxylic acid groups (broad SMARTS) is 1. The number of hydrogen-bond acceptors (Lipinski definition) is 4. The van der Waals surface area contributed by atoms with Gasteiger partial charge < -0.3 is 15.4 Å². The van der Waals surface area contributed by atoms with Gasteiger partial charge in [0.2, 0.25) is 0 Å². The molecule has 1 heterocycles. The van der Waals surface area contributed by atoms with Gasteiger partial charge in [-0.2, -0.15) is 0 Å². The fourth-order valence-electron chi connectivity index (χ4n) is 2.41. The standard InChI is InChI=1S/C12H17N3O3/c1-7-13-10(6-11(16)14-7)15-9-4-2-3-8(5-9)12(17)18/h6,8-9H,2-5H2,1H3,(H,17,18)(H2,13,14,15,16). The Morgan fingerprint density at radius 1 is 1.56 bits per heavy atom. The predicted octanol–water partition coefficient (Wildman–Crippen LogP) is 1.13. The van der Waals surface area contributed by atoms with E-state index in [2.05, 4.69) is 15.3 Å².